The molecule has 1 aromatic rings. The molecule has 1 atom stereocenters. The SMILES string of the molecule is CCOC(=O)CC(C#N)Nc1ccccc1Br. The van der Waals surface area contributed by atoms with Crippen LogP contribution in [-0.2, 0) is 9.53 Å². The third-order valence-corrected chi connectivity index (χ3v) is 2.73. The summed E-state index contributed by atoms with van der Waals surface area (Å²) in [5.41, 5.74) is 0.781. The van der Waals surface area contributed by atoms with E-state index in [-0.39, 0.29) is 12.4 Å². The van der Waals surface area contributed by atoms with Gasteiger partial charge in [0.05, 0.1) is 19.1 Å². The van der Waals surface area contributed by atoms with E-state index in [0.29, 0.717) is 6.61 Å². The fourth-order valence-electron chi connectivity index (χ4n) is 1.28. The third-order valence-electron chi connectivity index (χ3n) is 2.04. The number of anilines is 1. The van der Waals surface area contributed by atoms with Gasteiger partial charge in [-0.15, -0.1) is 0 Å². The van der Waals surface area contributed by atoms with Crippen molar-refractivity contribution in [3.8, 4) is 6.07 Å². The van der Waals surface area contributed by atoms with Gasteiger partial charge < -0.3 is 10.1 Å². The number of carbonyl (C=O) groups excluding carboxylic acids is 1. The highest BCUT2D eigenvalue weighted by atomic mass is 79.9. The van der Waals surface area contributed by atoms with Crippen LogP contribution in [0.1, 0.15) is 13.3 Å². The van der Waals surface area contributed by atoms with Crippen molar-refractivity contribution in [3.63, 3.8) is 0 Å². The monoisotopic (exact) mass is 296 g/mol. The molecule has 0 amide bonds. The lowest BCUT2D eigenvalue weighted by Crippen LogP contribution is -2.22. The molecule has 0 radical (unpaired) electrons. The Labute approximate surface area is 109 Å². The Bertz CT molecular complexity index is 429. The van der Waals surface area contributed by atoms with Crippen LogP contribution in [0.2, 0.25) is 0 Å². The van der Waals surface area contributed by atoms with Gasteiger partial charge in [-0.05, 0) is 35.0 Å². The molecule has 0 heterocycles. The first-order chi connectivity index (χ1) is 8.17. The molecule has 1 unspecified atom stereocenters. The van der Waals surface area contributed by atoms with Gasteiger partial charge in [-0.2, -0.15) is 5.26 Å². The predicted molar refractivity (Wildman–Crippen MR) is 68.4 cm³/mol. The number of benzene rings is 1. The van der Waals surface area contributed by atoms with Crippen molar-refractivity contribution < 1.29 is 9.53 Å². The van der Waals surface area contributed by atoms with E-state index < -0.39 is 6.04 Å². The van der Waals surface area contributed by atoms with Crippen LogP contribution in [0.4, 0.5) is 5.69 Å². The van der Waals surface area contributed by atoms with Crippen LogP contribution >= 0.6 is 15.9 Å². The molecule has 0 bridgehead atoms. The molecule has 0 saturated heterocycles. The van der Waals surface area contributed by atoms with Crippen molar-refractivity contribution >= 4 is 27.6 Å². The van der Waals surface area contributed by atoms with Crippen molar-refractivity contribution in [2.45, 2.75) is 19.4 Å². The zero-order chi connectivity index (χ0) is 12.7. The molecule has 0 spiro atoms. The summed E-state index contributed by atoms with van der Waals surface area (Å²) in [7, 11) is 0. The first-order valence-corrected chi connectivity index (χ1v) is 6.03. The summed E-state index contributed by atoms with van der Waals surface area (Å²) < 4.78 is 5.65. The van der Waals surface area contributed by atoms with Gasteiger partial charge in [-0.1, -0.05) is 12.1 Å². The highest BCUT2D eigenvalue weighted by molar-refractivity contribution is 9.10. The zero-order valence-electron chi connectivity index (χ0n) is 9.44. The molecule has 1 rings (SSSR count). The summed E-state index contributed by atoms with van der Waals surface area (Å²) in [6, 6.07) is 8.87. The number of rotatable bonds is 5. The van der Waals surface area contributed by atoms with Crippen molar-refractivity contribution in [1.29, 1.82) is 5.26 Å². The molecule has 0 aliphatic rings. The van der Waals surface area contributed by atoms with Gasteiger partial charge in [0.25, 0.3) is 0 Å². The number of hydrogen-bond acceptors (Lipinski definition) is 4. The van der Waals surface area contributed by atoms with Gasteiger partial charge in [-0.3, -0.25) is 4.79 Å². The van der Waals surface area contributed by atoms with E-state index in [1.807, 2.05) is 30.3 Å². The minimum Gasteiger partial charge on any atom is -0.466 e. The van der Waals surface area contributed by atoms with E-state index in [9.17, 15) is 4.79 Å². The fourth-order valence-corrected chi connectivity index (χ4v) is 1.68. The second-order valence-electron chi connectivity index (χ2n) is 3.32. The van der Waals surface area contributed by atoms with Crippen molar-refractivity contribution in [3.05, 3.63) is 28.7 Å². The highest BCUT2D eigenvalue weighted by Gasteiger charge is 2.14. The predicted octanol–water partition coefficient (Wildman–Crippen LogP) is 2.71. The number of carbonyl (C=O) groups is 1. The fraction of sp³-hybridized carbons (Fsp3) is 0.333. The third kappa shape index (κ3) is 4.45. The maximum Gasteiger partial charge on any atom is 0.308 e. The lowest BCUT2D eigenvalue weighted by molar-refractivity contribution is -0.143. The van der Waals surface area contributed by atoms with Crippen LogP contribution in [0.3, 0.4) is 0 Å². The highest BCUT2D eigenvalue weighted by Crippen LogP contribution is 2.22. The zero-order valence-corrected chi connectivity index (χ0v) is 11.0. The number of para-hydroxylation sites is 1. The second-order valence-corrected chi connectivity index (χ2v) is 4.17. The standard InChI is InChI=1S/C12H13BrN2O2/c1-2-17-12(16)7-9(8-14)15-11-6-4-3-5-10(11)13/h3-6,9,15H,2,7H2,1H3. The van der Waals surface area contributed by atoms with Crippen LogP contribution in [-0.4, -0.2) is 18.6 Å². The Morgan fingerprint density at radius 1 is 1.59 bits per heavy atom. The molecule has 90 valence electrons. The second kappa shape index (κ2) is 6.92. The summed E-state index contributed by atoms with van der Waals surface area (Å²) in [6.07, 6.45) is 0.0334. The number of nitrogens with one attached hydrogen (secondary N) is 1. The number of esters is 1. The summed E-state index contributed by atoms with van der Waals surface area (Å²) in [4.78, 5) is 11.3. The molecule has 0 aliphatic carbocycles. The van der Waals surface area contributed by atoms with E-state index >= 15 is 0 Å². The normalized spacial score (nSPS) is 11.4. The van der Waals surface area contributed by atoms with E-state index in [4.69, 9.17) is 10.00 Å². The topological polar surface area (TPSA) is 62.1 Å². The molecule has 5 heteroatoms. The minimum absolute atomic E-state index is 0.0334. The van der Waals surface area contributed by atoms with Gasteiger partial charge in [-0.25, -0.2) is 0 Å². The Morgan fingerprint density at radius 2 is 2.29 bits per heavy atom. The first kappa shape index (κ1) is 13.5. The number of ether oxygens (including phenoxy) is 1. The Morgan fingerprint density at radius 3 is 2.88 bits per heavy atom. The maximum absolute atomic E-state index is 11.3. The van der Waals surface area contributed by atoms with Crippen molar-refractivity contribution in [2.75, 3.05) is 11.9 Å². The van der Waals surface area contributed by atoms with Crippen LogP contribution in [0.5, 0.6) is 0 Å². The number of hydrogen-bond donors (Lipinski definition) is 1. The van der Waals surface area contributed by atoms with Crippen molar-refractivity contribution in [1.82, 2.24) is 0 Å². The molecule has 1 aromatic carbocycles. The molecule has 0 aliphatic heterocycles. The van der Waals surface area contributed by atoms with Gasteiger partial charge in [0.2, 0.25) is 0 Å². The summed E-state index contributed by atoms with van der Waals surface area (Å²) in [5.74, 6) is -0.376. The van der Waals surface area contributed by atoms with Gasteiger partial charge in [0, 0.05) is 10.2 Å². The van der Waals surface area contributed by atoms with Gasteiger partial charge in [0.1, 0.15) is 6.04 Å². The Kier molecular flexibility index (Phi) is 5.50. The number of nitriles is 1. The lowest BCUT2D eigenvalue weighted by Gasteiger charge is -2.13. The quantitative estimate of drug-likeness (QED) is 0.849. The molecule has 0 saturated carbocycles. The van der Waals surface area contributed by atoms with Gasteiger partial charge >= 0.3 is 5.97 Å². The molecule has 4 nitrogen and oxygen atoms in total. The van der Waals surface area contributed by atoms with E-state index in [0.717, 1.165) is 10.2 Å². The lowest BCUT2D eigenvalue weighted by atomic mass is 10.2. The summed E-state index contributed by atoms with van der Waals surface area (Å²) in [5, 5.41) is 11.9. The molecule has 0 aromatic heterocycles. The molecule has 0 fully saturated rings. The van der Waals surface area contributed by atoms with E-state index in [2.05, 4.69) is 21.2 Å². The number of nitrogens with zero attached hydrogens (tertiary/aromatic N) is 1. The first-order valence-electron chi connectivity index (χ1n) is 5.23. The summed E-state index contributed by atoms with van der Waals surface area (Å²) >= 11 is 3.36. The number of halogens is 1. The molecular weight excluding hydrogens is 284 g/mol. The average Bonchev–Trinajstić information content (AvgIpc) is 2.31. The average molecular weight is 297 g/mol. The Hall–Kier alpha value is -1.54. The minimum atomic E-state index is -0.590. The van der Waals surface area contributed by atoms with Crippen LogP contribution in [0, 0.1) is 11.3 Å². The van der Waals surface area contributed by atoms with Crippen LogP contribution in [0.25, 0.3) is 0 Å². The van der Waals surface area contributed by atoms with E-state index in [1.54, 1.807) is 6.92 Å². The molecular formula is C12H13BrN2O2. The molecule has 1 N–H and O–H groups in total. The van der Waals surface area contributed by atoms with Crippen LogP contribution in [0.15, 0.2) is 28.7 Å². The Balaban J connectivity index is 2.62. The smallest absolute Gasteiger partial charge is 0.308 e. The van der Waals surface area contributed by atoms with Gasteiger partial charge in [0.15, 0.2) is 0 Å². The van der Waals surface area contributed by atoms with Crippen molar-refractivity contribution in [2.24, 2.45) is 0 Å². The van der Waals surface area contributed by atoms with E-state index in [1.165, 1.54) is 0 Å². The molecule has 17 heavy (non-hydrogen) atoms. The largest absolute Gasteiger partial charge is 0.466 e. The summed E-state index contributed by atoms with van der Waals surface area (Å²) in [6.45, 7) is 2.06. The van der Waals surface area contributed by atoms with Crippen LogP contribution < -0.4 is 5.32 Å². The maximum atomic E-state index is 11.3.